The van der Waals surface area contributed by atoms with Gasteiger partial charge in [0.2, 0.25) is 0 Å². The van der Waals surface area contributed by atoms with Crippen LogP contribution in [0, 0.1) is 0 Å². The first-order valence-corrected chi connectivity index (χ1v) is 20.4. The number of fused-ring (bicyclic) bond motifs is 7. The minimum atomic E-state index is -0.558. The average molecular weight is 808 g/mol. The zero-order chi connectivity index (χ0) is 50.1. The molecule has 0 fully saturated rings. The van der Waals surface area contributed by atoms with Gasteiger partial charge in [-0.3, -0.25) is 4.57 Å². The Kier molecular flexibility index (Phi) is 6.10. The third-order valence-corrected chi connectivity index (χ3v) is 12.1. The number of rotatable bonds is 7. The zero-order valence-electron chi connectivity index (χ0n) is 43.6. The molecule has 0 aliphatic heterocycles. The van der Waals surface area contributed by atoms with E-state index in [0.717, 1.165) is 33.2 Å². The molecular formula is C57H41N4O+. The highest BCUT2D eigenvalue weighted by molar-refractivity contribution is 6.09. The second-order valence-corrected chi connectivity index (χ2v) is 15.9. The number of para-hydroxylation sites is 4. The van der Waals surface area contributed by atoms with E-state index in [-0.39, 0.29) is 33.4 Å². The number of hydrogen-bond donors (Lipinski definition) is 0. The van der Waals surface area contributed by atoms with Gasteiger partial charge in [0.25, 0.3) is 6.33 Å². The topological polar surface area (TPSA) is 35.9 Å². The van der Waals surface area contributed by atoms with Crippen LogP contribution >= 0.6 is 0 Å². The molecule has 0 saturated carbocycles. The van der Waals surface area contributed by atoms with Crippen molar-refractivity contribution in [3.8, 4) is 62.1 Å². The van der Waals surface area contributed by atoms with Gasteiger partial charge in [0.05, 0.1) is 24.7 Å². The quantitative estimate of drug-likeness (QED) is 0.150. The third kappa shape index (κ3) is 5.62. The van der Waals surface area contributed by atoms with Crippen molar-refractivity contribution in [2.24, 2.45) is 0 Å². The van der Waals surface area contributed by atoms with E-state index in [2.05, 4.69) is 66.9 Å². The number of aromatic nitrogens is 4. The fraction of sp³-hybridized carbons (Fsp3) is 0.0526. The van der Waals surface area contributed by atoms with Crippen LogP contribution in [0.3, 0.4) is 0 Å². The van der Waals surface area contributed by atoms with Crippen LogP contribution in [0.1, 0.15) is 38.7 Å². The molecule has 294 valence electrons. The fourth-order valence-electron chi connectivity index (χ4n) is 9.27. The Morgan fingerprint density at radius 3 is 1.98 bits per heavy atom. The number of benzene rings is 8. The molecular weight excluding hydrogens is 757 g/mol. The van der Waals surface area contributed by atoms with Crippen molar-refractivity contribution in [1.82, 2.24) is 14.1 Å². The number of pyridine rings is 1. The minimum absolute atomic E-state index is 0.109. The van der Waals surface area contributed by atoms with Crippen LogP contribution in [0.15, 0.2) is 212 Å². The van der Waals surface area contributed by atoms with Crippen LogP contribution in [-0.4, -0.2) is 14.1 Å². The second kappa shape index (κ2) is 14.0. The maximum absolute atomic E-state index is 9.03. The predicted molar refractivity (Wildman–Crippen MR) is 252 cm³/mol. The molecule has 0 unspecified atom stereocenters. The van der Waals surface area contributed by atoms with Crippen molar-refractivity contribution in [3.63, 3.8) is 0 Å². The molecule has 0 amide bonds. The largest absolute Gasteiger partial charge is 0.457 e. The summed E-state index contributed by atoms with van der Waals surface area (Å²) in [5.41, 5.74) is 8.97. The molecule has 62 heavy (non-hydrogen) atoms. The molecule has 0 spiro atoms. The number of nitrogens with zero attached hydrogens (tertiary/aromatic N) is 4. The van der Waals surface area contributed by atoms with E-state index >= 15 is 0 Å². The lowest BCUT2D eigenvalue weighted by Crippen LogP contribution is -2.30. The van der Waals surface area contributed by atoms with Crippen LogP contribution in [0.2, 0.25) is 0 Å². The summed E-state index contributed by atoms with van der Waals surface area (Å²) in [5.74, 6) is 1.94. The van der Waals surface area contributed by atoms with Gasteiger partial charge in [0.15, 0.2) is 11.0 Å². The summed E-state index contributed by atoms with van der Waals surface area (Å²) in [6, 6.07) is 39.9. The van der Waals surface area contributed by atoms with Gasteiger partial charge in [0, 0.05) is 51.2 Å². The molecule has 1 aliphatic rings. The molecule has 11 aromatic rings. The second-order valence-electron chi connectivity index (χ2n) is 15.9. The maximum atomic E-state index is 9.03. The zero-order valence-corrected chi connectivity index (χ0v) is 33.6. The molecule has 0 saturated heterocycles. The van der Waals surface area contributed by atoms with Crippen LogP contribution in [0.5, 0.6) is 11.5 Å². The summed E-state index contributed by atoms with van der Waals surface area (Å²) in [5, 5.41) is 2.13. The van der Waals surface area contributed by atoms with Gasteiger partial charge in [-0.15, -0.1) is 0 Å². The summed E-state index contributed by atoms with van der Waals surface area (Å²) >= 11 is 0. The highest BCUT2D eigenvalue weighted by Crippen LogP contribution is 2.49. The van der Waals surface area contributed by atoms with Crippen molar-refractivity contribution in [2.75, 3.05) is 0 Å². The average Bonchev–Trinajstić information content (AvgIpc) is 4.01. The first kappa shape index (κ1) is 27.0. The summed E-state index contributed by atoms with van der Waals surface area (Å²) in [6.07, 6.45) is 3.77. The maximum Gasteiger partial charge on any atom is 0.255 e. The lowest BCUT2D eigenvalue weighted by atomic mass is 9.83. The normalized spacial score (nSPS) is 15.1. The van der Waals surface area contributed by atoms with Gasteiger partial charge in [-0.25, -0.2) is 4.98 Å². The first-order chi connectivity index (χ1) is 34.6. The Bertz CT molecular complexity index is 4000. The lowest BCUT2D eigenvalue weighted by Gasteiger charge is -2.22. The van der Waals surface area contributed by atoms with Gasteiger partial charge in [-0.05, 0) is 76.3 Å². The van der Waals surface area contributed by atoms with Gasteiger partial charge < -0.3 is 4.74 Å². The number of hydrogen-bond acceptors (Lipinski definition) is 2. The number of imidazole rings is 1. The molecule has 0 atom stereocenters. The highest BCUT2D eigenvalue weighted by Gasteiger charge is 2.36. The van der Waals surface area contributed by atoms with Gasteiger partial charge in [-0.2, -0.15) is 9.13 Å². The lowest BCUT2D eigenvalue weighted by molar-refractivity contribution is -0.566. The Morgan fingerprint density at radius 1 is 0.548 bits per heavy atom. The third-order valence-electron chi connectivity index (χ3n) is 12.1. The molecule has 0 bridgehead atoms. The van der Waals surface area contributed by atoms with Crippen molar-refractivity contribution < 1.29 is 23.0 Å². The van der Waals surface area contributed by atoms with Gasteiger partial charge in [0.1, 0.15) is 28.7 Å². The smallest absolute Gasteiger partial charge is 0.255 e. The van der Waals surface area contributed by atoms with E-state index in [9.17, 15) is 0 Å². The molecule has 5 nitrogen and oxygen atoms in total. The van der Waals surface area contributed by atoms with Crippen LogP contribution in [0.4, 0.5) is 0 Å². The minimum Gasteiger partial charge on any atom is -0.457 e. The molecule has 5 heteroatoms. The van der Waals surface area contributed by atoms with E-state index in [1.807, 2.05) is 83.6 Å². The molecule has 3 heterocycles. The van der Waals surface area contributed by atoms with Gasteiger partial charge >= 0.3 is 0 Å². The molecule has 1 aliphatic carbocycles. The SMILES string of the molecule is [2H]c1c([2H])c([2H])c(-c2cccc(-c3c([2H])c([2H])c([2H])c([2H])c3[2H])c2-[n+]2cn(-c3cccc(Oc4ccc5c6ccccc6n(-c6cc7c(cn6)-c6ccccc6C7(C)C)c5c4)c3)c3ccccc32)c([2H])c1[2H]. The Labute approximate surface area is 374 Å². The van der Waals surface area contributed by atoms with Crippen molar-refractivity contribution >= 4 is 32.8 Å². The standard InChI is InChI=1S/C57H41N4O/c1-57(2)49-27-11-9-23-45(49)48-36-58-55(35-50(48)57)61-51-28-12-10-24-46(51)47-32-31-42(34-54(47)61)62-41-22-15-21-40(33-41)59-37-60(53-30-14-13-29-52(53)59)56-43(38-17-5-3-6-18-38)25-16-26-44(56)39-19-7-4-8-20-39/h3-37H,1-2H3/q+1/i3D,4D,5D,6D,7D,8D,17D,18D,19D,20D. The van der Waals surface area contributed by atoms with Crippen molar-refractivity contribution in [2.45, 2.75) is 19.3 Å². The Hall–Kier alpha value is -8.02. The number of ether oxygens (including phenoxy) is 1. The molecule has 12 rings (SSSR count). The molecule has 8 aromatic carbocycles. The highest BCUT2D eigenvalue weighted by atomic mass is 16.5. The first-order valence-electron chi connectivity index (χ1n) is 25.4. The Balaban J connectivity index is 1.00. The molecule has 3 aromatic heterocycles. The van der Waals surface area contributed by atoms with Gasteiger partial charge in [-0.1, -0.05) is 153 Å². The van der Waals surface area contributed by atoms with Crippen LogP contribution < -0.4 is 9.30 Å². The van der Waals surface area contributed by atoms with E-state index in [1.54, 1.807) is 29.1 Å². The summed E-state index contributed by atoms with van der Waals surface area (Å²) in [6.45, 7) is 4.52. The molecule has 0 radical (unpaired) electrons. The monoisotopic (exact) mass is 807 g/mol. The van der Waals surface area contributed by atoms with E-state index in [1.165, 1.54) is 16.7 Å². The molecule has 0 N–H and O–H groups in total. The summed E-state index contributed by atoms with van der Waals surface area (Å²) in [4.78, 5) is 5.08. The van der Waals surface area contributed by atoms with E-state index in [4.69, 9.17) is 23.4 Å². The van der Waals surface area contributed by atoms with Crippen molar-refractivity contribution in [1.29, 1.82) is 0 Å². The fourth-order valence-corrected chi connectivity index (χ4v) is 9.27. The van der Waals surface area contributed by atoms with E-state index < -0.39 is 60.4 Å². The summed E-state index contributed by atoms with van der Waals surface area (Å²) < 4.78 is 99.8. The van der Waals surface area contributed by atoms with Crippen molar-refractivity contribution in [3.05, 3.63) is 224 Å². The Morgan fingerprint density at radius 2 is 1.19 bits per heavy atom. The van der Waals surface area contributed by atoms with E-state index in [0.29, 0.717) is 28.2 Å². The predicted octanol–water partition coefficient (Wildman–Crippen LogP) is 13.8. The van der Waals surface area contributed by atoms with Crippen LogP contribution in [-0.2, 0) is 5.41 Å². The van der Waals surface area contributed by atoms with Crippen LogP contribution in [0.25, 0.3) is 83.4 Å². The summed E-state index contributed by atoms with van der Waals surface area (Å²) in [7, 11) is 0.